The number of aryl methyl sites for hydroxylation is 1. The Balaban J connectivity index is 2.10. The van der Waals surface area contributed by atoms with Crippen LogP contribution in [0, 0.1) is 5.41 Å². The van der Waals surface area contributed by atoms with Crippen LogP contribution in [0.5, 0.6) is 0 Å². The minimum atomic E-state index is 0.522. The van der Waals surface area contributed by atoms with Crippen LogP contribution in [-0.2, 0) is 13.0 Å². The molecule has 3 nitrogen and oxygen atoms in total. The van der Waals surface area contributed by atoms with Gasteiger partial charge in [-0.2, -0.15) is 0 Å². The van der Waals surface area contributed by atoms with Crippen molar-refractivity contribution in [2.24, 2.45) is 5.41 Å². The smallest absolute Gasteiger partial charge is 0.185 e. The van der Waals surface area contributed by atoms with Gasteiger partial charge >= 0.3 is 0 Å². The number of nitrogens with one attached hydrogen (secondary N) is 1. The number of nitrogens with zero attached hydrogens (tertiary/aromatic N) is 2. The summed E-state index contributed by atoms with van der Waals surface area (Å²) in [6.45, 7) is 14.6. The molecule has 1 N–H and O–H groups in total. The maximum Gasteiger partial charge on any atom is 0.185 e. The van der Waals surface area contributed by atoms with Gasteiger partial charge in [-0.05, 0) is 31.1 Å². The Morgan fingerprint density at radius 2 is 2.00 bits per heavy atom. The molecule has 0 amide bonds. The minimum absolute atomic E-state index is 0.522. The first-order valence-corrected chi connectivity index (χ1v) is 9.32. The van der Waals surface area contributed by atoms with Gasteiger partial charge in [-0.3, -0.25) is 0 Å². The van der Waals surface area contributed by atoms with Crippen molar-refractivity contribution < 1.29 is 0 Å². The Hall–Kier alpha value is -0.610. The maximum atomic E-state index is 4.93. The second kappa shape index (κ2) is 7.10. The van der Waals surface area contributed by atoms with Gasteiger partial charge in [-0.25, -0.2) is 4.98 Å². The van der Waals surface area contributed by atoms with E-state index in [1.165, 1.54) is 48.1 Å². The van der Waals surface area contributed by atoms with Crippen LogP contribution in [0.3, 0.4) is 0 Å². The Morgan fingerprint density at radius 3 is 2.52 bits per heavy atom. The molecule has 0 bridgehead atoms. The number of thiazole rings is 1. The van der Waals surface area contributed by atoms with Crippen molar-refractivity contribution in [3.05, 3.63) is 10.6 Å². The fourth-order valence-electron chi connectivity index (χ4n) is 3.14. The predicted molar refractivity (Wildman–Crippen MR) is 93.3 cm³/mol. The summed E-state index contributed by atoms with van der Waals surface area (Å²) in [5.74, 6) is 0. The third-order valence-electron chi connectivity index (χ3n) is 4.98. The van der Waals surface area contributed by atoms with Crippen molar-refractivity contribution in [3.8, 4) is 0 Å². The Labute approximate surface area is 134 Å². The van der Waals surface area contributed by atoms with Gasteiger partial charge in [0.1, 0.15) is 0 Å². The quantitative estimate of drug-likeness (QED) is 0.817. The second-order valence-electron chi connectivity index (χ2n) is 6.63. The fourth-order valence-corrected chi connectivity index (χ4v) is 4.27. The third-order valence-corrected chi connectivity index (χ3v) is 6.14. The minimum Gasteiger partial charge on any atom is -0.348 e. The molecular formula is C17H31N3S. The highest BCUT2D eigenvalue weighted by Crippen LogP contribution is 2.40. The molecule has 1 fully saturated rings. The van der Waals surface area contributed by atoms with E-state index < -0.39 is 0 Å². The molecule has 2 rings (SSSR count). The highest BCUT2D eigenvalue weighted by Gasteiger charge is 2.36. The molecule has 0 spiro atoms. The molecule has 0 radical (unpaired) electrons. The summed E-state index contributed by atoms with van der Waals surface area (Å²) in [5.41, 5.74) is 1.81. The van der Waals surface area contributed by atoms with E-state index >= 15 is 0 Å². The highest BCUT2D eigenvalue weighted by atomic mass is 32.1. The van der Waals surface area contributed by atoms with Crippen molar-refractivity contribution in [2.45, 2.75) is 72.9 Å². The Morgan fingerprint density at radius 1 is 1.29 bits per heavy atom. The normalized spacial score (nSPS) is 17.9. The van der Waals surface area contributed by atoms with E-state index in [0.717, 1.165) is 13.0 Å². The van der Waals surface area contributed by atoms with Gasteiger partial charge in [0, 0.05) is 30.6 Å². The molecule has 0 aliphatic carbocycles. The van der Waals surface area contributed by atoms with Crippen LogP contribution >= 0.6 is 11.3 Å². The lowest BCUT2D eigenvalue weighted by molar-refractivity contribution is 0.301. The zero-order chi connectivity index (χ0) is 15.5. The number of anilines is 1. The average molecular weight is 310 g/mol. The van der Waals surface area contributed by atoms with Gasteiger partial charge in [0.15, 0.2) is 5.13 Å². The summed E-state index contributed by atoms with van der Waals surface area (Å²) in [5, 5.41) is 4.78. The van der Waals surface area contributed by atoms with E-state index in [1.54, 1.807) is 0 Å². The molecular weight excluding hydrogens is 278 g/mol. The molecule has 1 aliphatic heterocycles. The van der Waals surface area contributed by atoms with Crippen LogP contribution in [0.4, 0.5) is 5.13 Å². The molecule has 1 aromatic rings. The van der Waals surface area contributed by atoms with E-state index in [4.69, 9.17) is 4.98 Å². The van der Waals surface area contributed by atoms with Gasteiger partial charge in [0.2, 0.25) is 0 Å². The van der Waals surface area contributed by atoms with E-state index in [1.807, 2.05) is 11.3 Å². The molecule has 120 valence electrons. The summed E-state index contributed by atoms with van der Waals surface area (Å²) >= 11 is 1.90. The number of aromatic nitrogens is 1. The zero-order valence-electron chi connectivity index (χ0n) is 14.3. The molecule has 2 heterocycles. The monoisotopic (exact) mass is 309 g/mol. The largest absolute Gasteiger partial charge is 0.348 e. The number of rotatable bonds is 7. The second-order valence-corrected chi connectivity index (χ2v) is 7.70. The van der Waals surface area contributed by atoms with Crippen LogP contribution in [-0.4, -0.2) is 24.1 Å². The predicted octanol–water partition coefficient (Wildman–Crippen LogP) is 4.22. The lowest BCUT2D eigenvalue weighted by atomic mass is 9.82. The lowest BCUT2D eigenvalue weighted by Gasteiger charge is -2.26. The van der Waals surface area contributed by atoms with Crippen LogP contribution in [0.2, 0.25) is 0 Å². The summed E-state index contributed by atoms with van der Waals surface area (Å²) in [7, 11) is 0. The lowest BCUT2D eigenvalue weighted by Crippen LogP contribution is -2.26. The number of hydrogen-bond acceptors (Lipinski definition) is 4. The van der Waals surface area contributed by atoms with E-state index in [2.05, 4.69) is 44.8 Å². The molecule has 0 saturated carbocycles. The summed E-state index contributed by atoms with van der Waals surface area (Å²) in [6, 6.07) is 0.528. The first-order valence-electron chi connectivity index (χ1n) is 8.50. The first-order chi connectivity index (χ1) is 10.0. The van der Waals surface area contributed by atoms with Gasteiger partial charge in [0.05, 0.1) is 5.69 Å². The molecule has 0 unspecified atom stereocenters. The van der Waals surface area contributed by atoms with Crippen molar-refractivity contribution in [1.82, 2.24) is 10.3 Å². The fraction of sp³-hybridized carbons (Fsp3) is 0.824. The summed E-state index contributed by atoms with van der Waals surface area (Å²) in [4.78, 5) is 8.87. The highest BCUT2D eigenvalue weighted by molar-refractivity contribution is 7.15. The molecule has 4 heteroatoms. The van der Waals surface area contributed by atoms with Crippen molar-refractivity contribution >= 4 is 16.5 Å². The Bertz CT molecular complexity index is 449. The molecule has 1 saturated heterocycles. The third kappa shape index (κ3) is 3.78. The zero-order valence-corrected chi connectivity index (χ0v) is 15.1. The van der Waals surface area contributed by atoms with Gasteiger partial charge < -0.3 is 10.2 Å². The molecule has 1 aromatic heterocycles. The van der Waals surface area contributed by atoms with Crippen molar-refractivity contribution in [1.29, 1.82) is 0 Å². The van der Waals surface area contributed by atoms with Crippen molar-refractivity contribution in [2.75, 3.05) is 18.0 Å². The average Bonchev–Trinajstić information content (AvgIpc) is 3.09. The summed E-state index contributed by atoms with van der Waals surface area (Å²) in [6.07, 6.45) is 4.92. The SMILES string of the molecule is CCc1nc(N2CCC(CC)(CC)C2)sc1CNC(C)C. The van der Waals surface area contributed by atoms with E-state index in [9.17, 15) is 0 Å². The molecule has 21 heavy (non-hydrogen) atoms. The van der Waals surface area contributed by atoms with Crippen molar-refractivity contribution in [3.63, 3.8) is 0 Å². The van der Waals surface area contributed by atoms with E-state index in [-0.39, 0.29) is 0 Å². The van der Waals surface area contributed by atoms with Crippen LogP contribution in [0.25, 0.3) is 0 Å². The van der Waals surface area contributed by atoms with Gasteiger partial charge in [-0.1, -0.05) is 34.6 Å². The topological polar surface area (TPSA) is 28.2 Å². The van der Waals surface area contributed by atoms with Gasteiger partial charge in [-0.15, -0.1) is 11.3 Å². The maximum absolute atomic E-state index is 4.93. The van der Waals surface area contributed by atoms with Crippen LogP contribution in [0.15, 0.2) is 0 Å². The number of hydrogen-bond donors (Lipinski definition) is 1. The van der Waals surface area contributed by atoms with Crippen LogP contribution < -0.4 is 10.2 Å². The summed E-state index contributed by atoms with van der Waals surface area (Å²) < 4.78 is 0. The molecule has 1 aliphatic rings. The van der Waals surface area contributed by atoms with Crippen LogP contribution in [0.1, 0.15) is 64.5 Å². The standard InChI is InChI=1S/C17H31N3S/c1-6-14-15(11-18-13(4)5)21-16(19-14)20-10-9-17(7-2,8-3)12-20/h13,18H,6-12H2,1-5H3. The van der Waals surface area contributed by atoms with E-state index in [0.29, 0.717) is 11.5 Å². The molecule has 0 aromatic carbocycles. The Kier molecular flexibility index (Phi) is 5.67. The first kappa shape index (κ1) is 16.8. The molecule has 0 atom stereocenters. The van der Waals surface area contributed by atoms with Gasteiger partial charge in [0.25, 0.3) is 0 Å².